The molecule has 0 unspecified atom stereocenters. The molecular weight excluding hydrogens is 356 g/mol. The molecule has 4 rings (SSSR count). The fraction of sp³-hybridized carbons (Fsp3) is 0.435. The van der Waals surface area contributed by atoms with E-state index < -0.39 is 17.8 Å². The summed E-state index contributed by atoms with van der Waals surface area (Å²) in [6, 6.07) is 19.9. The van der Waals surface area contributed by atoms with E-state index in [2.05, 4.69) is 0 Å². The summed E-state index contributed by atoms with van der Waals surface area (Å²) < 4.78 is 24.5. The molecule has 0 N–H and O–H groups in total. The summed E-state index contributed by atoms with van der Waals surface area (Å²) in [6.45, 7) is 4.62. The van der Waals surface area contributed by atoms with Gasteiger partial charge in [-0.2, -0.15) is 0 Å². The van der Waals surface area contributed by atoms with Gasteiger partial charge in [-0.25, -0.2) is 0 Å². The van der Waals surface area contributed by atoms with E-state index in [1.807, 2.05) is 67.6 Å². The normalized spacial score (nSPS) is 31.6. The van der Waals surface area contributed by atoms with Crippen LogP contribution in [0.4, 0.5) is 0 Å². The van der Waals surface area contributed by atoms with Gasteiger partial charge in [-0.3, -0.25) is 4.79 Å². The third-order valence-corrected chi connectivity index (χ3v) is 5.51. The molecule has 5 heteroatoms. The van der Waals surface area contributed by atoms with Crippen molar-refractivity contribution in [3.63, 3.8) is 0 Å². The summed E-state index contributed by atoms with van der Waals surface area (Å²) in [5, 5.41) is 0. The zero-order valence-corrected chi connectivity index (χ0v) is 16.2. The molecule has 2 aromatic rings. The van der Waals surface area contributed by atoms with Gasteiger partial charge < -0.3 is 18.9 Å². The van der Waals surface area contributed by atoms with Gasteiger partial charge in [0.2, 0.25) is 0 Å². The lowest BCUT2D eigenvalue weighted by Gasteiger charge is -2.44. The van der Waals surface area contributed by atoms with E-state index in [0.29, 0.717) is 19.8 Å². The zero-order chi connectivity index (χ0) is 19.6. The van der Waals surface area contributed by atoms with Crippen LogP contribution in [0.3, 0.4) is 0 Å². The zero-order valence-electron chi connectivity index (χ0n) is 16.2. The summed E-state index contributed by atoms with van der Waals surface area (Å²) in [5.74, 6) is -1.53. The summed E-state index contributed by atoms with van der Waals surface area (Å²) in [4.78, 5) is 12.5. The summed E-state index contributed by atoms with van der Waals surface area (Å²) in [7, 11) is 0. The van der Waals surface area contributed by atoms with Crippen LogP contribution in [0.25, 0.3) is 0 Å². The second-order valence-corrected chi connectivity index (χ2v) is 7.59. The maximum atomic E-state index is 12.5. The molecule has 0 saturated carbocycles. The Balaban J connectivity index is 1.56. The van der Waals surface area contributed by atoms with Crippen LogP contribution in [0, 0.1) is 5.92 Å². The van der Waals surface area contributed by atoms with Crippen LogP contribution in [0.15, 0.2) is 60.7 Å². The van der Waals surface area contributed by atoms with Crippen LogP contribution in [0.1, 0.15) is 25.0 Å². The molecule has 2 fully saturated rings. The Morgan fingerprint density at radius 2 is 1.50 bits per heavy atom. The number of carbonyl (C=O) groups excluding carboxylic acids is 1. The molecule has 2 aliphatic heterocycles. The number of ketones is 1. The number of hydrogen-bond acceptors (Lipinski definition) is 5. The van der Waals surface area contributed by atoms with Gasteiger partial charge in [-0.15, -0.1) is 0 Å². The minimum atomic E-state index is -0.968. The van der Waals surface area contributed by atoms with E-state index in [0.717, 1.165) is 11.1 Å². The van der Waals surface area contributed by atoms with Gasteiger partial charge in [0.15, 0.2) is 5.79 Å². The van der Waals surface area contributed by atoms with Crippen molar-refractivity contribution in [2.45, 2.75) is 51.2 Å². The number of hydrogen-bond donors (Lipinski definition) is 0. The smallest absolute Gasteiger partial charge is 0.178 e. The molecule has 2 bridgehead atoms. The molecule has 0 radical (unpaired) electrons. The van der Waals surface area contributed by atoms with Gasteiger partial charge in [0, 0.05) is 0 Å². The van der Waals surface area contributed by atoms with Crippen molar-refractivity contribution in [1.29, 1.82) is 0 Å². The van der Waals surface area contributed by atoms with Crippen molar-refractivity contribution >= 4 is 5.78 Å². The molecule has 0 amide bonds. The fourth-order valence-electron chi connectivity index (χ4n) is 4.17. The van der Waals surface area contributed by atoms with Crippen LogP contribution in [-0.2, 0) is 37.0 Å². The highest BCUT2D eigenvalue weighted by Gasteiger charge is 2.60. The van der Waals surface area contributed by atoms with Crippen molar-refractivity contribution < 1.29 is 23.7 Å². The quantitative estimate of drug-likeness (QED) is 0.734. The molecule has 2 heterocycles. The summed E-state index contributed by atoms with van der Waals surface area (Å²) in [5.41, 5.74) is 2.12. The van der Waals surface area contributed by atoms with Crippen LogP contribution in [0.5, 0.6) is 0 Å². The first kappa shape index (κ1) is 19.3. The first-order valence-corrected chi connectivity index (χ1v) is 9.70. The highest BCUT2D eigenvalue weighted by molar-refractivity contribution is 5.80. The third-order valence-electron chi connectivity index (χ3n) is 5.51. The lowest BCUT2D eigenvalue weighted by Crippen LogP contribution is -2.59. The number of benzene rings is 2. The molecule has 5 nitrogen and oxygen atoms in total. The molecule has 5 atom stereocenters. The second kappa shape index (κ2) is 8.13. The minimum absolute atomic E-state index is 0.0192. The Hall–Kier alpha value is -2.05. The third kappa shape index (κ3) is 3.89. The van der Waals surface area contributed by atoms with Gasteiger partial charge in [-0.05, 0) is 25.0 Å². The molecule has 2 aliphatic rings. The molecule has 148 valence electrons. The topological polar surface area (TPSA) is 54.0 Å². The van der Waals surface area contributed by atoms with E-state index in [-0.39, 0.29) is 18.0 Å². The van der Waals surface area contributed by atoms with Crippen molar-refractivity contribution in [3.05, 3.63) is 71.8 Å². The van der Waals surface area contributed by atoms with Crippen molar-refractivity contribution in [1.82, 2.24) is 0 Å². The summed E-state index contributed by atoms with van der Waals surface area (Å²) in [6.07, 6.45) is -1.08. The van der Waals surface area contributed by atoms with Crippen molar-refractivity contribution in [2.75, 3.05) is 6.61 Å². The summed E-state index contributed by atoms with van der Waals surface area (Å²) >= 11 is 0. The van der Waals surface area contributed by atoms with Gasteiger partial charge in [0.05, 0.1) is 25.7 Å². The van der Waals surface area contributed by atoms with Crippen molar-refractivity contribution in [3.8, 4) is 0 Å². The van der Waals surface area contributed by atoms with E-state index in [1.54, 1.807) is 6.92 Å². The highest BCUT2D eigenvalue weighted by atomic mass is 16.8. The second-order valence-electron chi connectivity index (χ2n) is 7.59. The number of carbonyl (C=O) groups is 1. The lowest BCUT2D eigenvalue weighted by molar-refractivity contribution is -0.275. The predicted molar refractivity (Wildman–Crippen MR) is 103 cm³/mol. The van der Waals surface area contributed by atoms with Crippen LogP contribution >= 0.6 is 0 Å². The van der Waals surface area contributed by atoms with Gasteiger partial charge in [-0.1, -0.05) is 60.7 Å². The monoisotopic (exact) mass is 382 g/mol. The highest BCUT2D eigenvalue weighted by Crippen LogP contribution is 2.44. The van der Waals surface area contributed by atoms with E-state index in [9.17, 15) is 4.79 Å². The van der Waals surface area contributed by atoms with Crippen LogP contribution in [0.2, 0.25) is 0 Å². The van der Waals surface area contributed by atoms with Crippen molar-refractivity contribution in [2.24, 2.45) is 5.92 Å². The van der Waals surface area contributed by atoms with E-state index >= 15 is 0 Å². The Labute approximate surface area is 165 Å². The fourth-order valence-corrected chi connectivity index (χ4v) is 4.17. The van der Waals surface area contributed by atoms with Gasteiger partial charge in [0.25, 0.3) is 0 Å². The lowest BCUT2D eigenvalue weighted by atomic mass is 9.83. The first-order chi connectivity index (χ1) is 13.6. The van der Waals surface area contributed by atoms with E-state index in [4.69, 9.17) is 18.9 Å². The molecule has 0 aromatic heterocycles. The van der Waals surface area contributed by atoms with Gasteiger partial charge in [0.1, 0.15) is 24.1 Å². The molecule has 2 saturated heterocycles. The Kier molecular flexibility index (Phi) is 5.60. The average molecular weight is 382 g/mol. The predicted octanol–water partition coefficient (Wildman–Crippen LogP) is 3.51. The molecular formula is C23H26O5. The number of fused-ring (bicyclic) bond motifs is 2. The SMILES string of the molecule is CC(=O)[C@@H]1[C@@H](OCc2ccccc2)[C@H](OCc2ccccc2)[C@H]2CO[C@]1(C)O2. The minimum Gasteiger partial charge on any atom is -0.370 e. The number of rotatable bonds is 7. The molecule has 0 aliphatic carbocycles. The first-order valence-electron chi connectivity index (χ1n) is 9.70. The number of Topliss-reactive ketones (excluding diaryl/α,β-unsaturated/α-hetero) is 1. The van der Waals surface area contributed by atoms with Crippen LogP contribution in [-0.4, -0.2) is 36.5 Å². The maximum Gasteiger partial charge on any atom is 0.178 e. The Morgan fingerprint density at radius 1 is 0.964 bits per heavy atom. The molecule has 2 aromatic carbocycles. The van der Waals surface area contributed by atoms with Gasteiger partial charge >= 0.3 is 0 Å². The van der Waals surface area contributed by atoms with E-state index in [1.165, 1.54) is 0 Å². The Bertz CT molecular complexity index is 793. The average Bonchev–Trinajstić information content (AvgIpc) is 3.04. The standard InChI is InChI=1S/C23H26O5/c1-16(24)20-22(26-14-18-11-7-4-8-12-18)21(19-15-27-23(20,2)28-19)25-13-17-9-5-3-6-10-17/h3-12,19-22H,13-15H2,1-2H3/t19-,20-,21-,22-,23-/m1/s1. The molecule has 0 spiro atoms. The van der Waals surface area contributed by atoms with Crippen LogP contribution < -0.4 is 0 Å². The molecule has 28 heavy (non-hydrogen) atoms. The maximum absolute atomic E-state index is 12.5. The Morgan fingerprint density at radius 3 is 2.04 bits per heavy atom. The number of ether oxygens (including phenoxy) is 4. The largest absolute Gasteiger partial charge is 0.370 e.